The molecule has 1 fully saturated rings. The topological polar surface area (TPSA) is 32.3 Å². The summed E-state index contributed by atoms with van der Waals surface area (Å²) in [6, 6.07) is 10.5. The molecule has 1 aliphatic rings. The van der Waals surface area contributed by atoms with Gasteiger partial charge in [0.1, 0.15) is 0 Å². The van der Waals surface area contributed by atoms with Gasteiger partial charge < -0.3 is 10.2 Å². The first-order valence-corrected chi connectivity index (χ1v) is 6.84. The normalized spacial score (nSPS) is 18.5. The molecule has 2 rings (SSSR count). The molecule has 1 saturated heterocycles. The molecule has 3 nitrogen and oxygen atoms in total. The van der Waals surface area contributed by atoms with Gasteiger partial charge in [-0.1, -0.05) is 37.3 Å². The minimum atomic E-state index is 0.238. The lowest BCUT2D eigenvalue weighted by Crippen LogP contribution is -2.37. The third-order valence-electron chi connectivity index (χ3n) is 3.62. The monoisotopic (exact) mass is 246 g/mol. The highest BCUT2D eigenvalue weighted by molar-refractivity contribution is 5.78. The summed E-state index contributed by atoms with van der Waals surface area (Å²) in [6.45, 7) is 5.37. The molecule has 3 heteroatoms. The zero-order valence-corrected chi connectivity index (χ0v) is 11.1. The van der Waals surface area contributed by atoms with Crippen molar-refractivity contribution in [1.82, 2.24) is 10.2 Å². The van der Waals surface area contributed by atoms with E-state index in [0.717, 1.165) is 32.5 Å². The fraction of sp³-hybridized carbons (Fsp3) is 0.533. The van der Waals surface area contributed by atoms with E-state index in [1.807, 2.05) is 11.0 Å². The summed E-state index contributed by atoms with van der Waals surface area (Å²) < 4.78 is 0. The summed E-state index contributed by atoms with van der Waals surface area (Å²) >= 11 is 0. The Morgan fingerprint density at radius 2 is 2.11 bits per heavy atom. The van der Waals surface area contributed by atoms with Crippen molar-refractivity contribution in [3.05, 3.63) is 35.9 Å². The van der Waals surface area contributed by atoms with Crippen LogP contribution in [0.4, 0.5) is 0 Å². The number of carbonyl (C=O) groups excluding carboxylic acids is 1. The van der Waals surface area contributed by atoms with Crippen LogP contribution in [0.3, 0.4) is 0 Å². The Labute approximate surface area is 109 Å². The van der Waals surface area contributed by atoms with Crippen molar-refractivity contribution in [2.24, 2.45) is 0 Å². The molecule has 0 spiro atoms. The number of nitrogens with one attached hydrogen (secondary N) is 1. The summed E-state index contributed by atoms with van der Waals surface area (Å²) in [5, 5.41) is 3.17. The second-order valence-electron chi connectivity index (χ2n) is 4.89. The molecule has 1 aromatic rings. The average Bonchev–Trinajstić information content (AvgIpc) is 2.62. The number of benzene rings is 1. The van der Waals surface area contributed by atoms with Crippen molar-refractivity contribution < 1.29 is 4.79 Å². The van der Waals surface area contributed by atoms with Gasteiger partial charge in [0, 0.05) is 19.0 Å². The van der Waals surface area contributed by atoms with Gasteiger partial charge in [0.25, 0.3) is 0 Å². The van der Waals surface area contributed by atoms with Gasteiger partial charge in [-0.25, -0.2) is 0 Å². The van der Waals surface area contributed by atoms with E-state index < -0.39 is 0 Å². The molecular weight excluding hydrogens is 224 g/mol. The van der Waals surface area contributed by atoms with Gasteiger partial charge in [0.15, 0.2) is 0 Å². The van der Waals surface area contributed by atoms with Crippen LogP contribution in [0.1, 0.15) is 31.2 Å². The summed E-state index contributed by atoms with van der Waals surface area (Å²) in [7, 11) is 0. The maximum atomic E-state index is 12.0. The van der Waals surface area contributed by atoms with E-state index in [9.17, 15) is 4.79 Å². The summed E-state index contributed by atoms with van der Waals surface area (Å²) in [6.07, 6.45) is 2.12. The molecule has 0 aromatic heterocycles. The van der Waals surface area contributed by atoms with E-state index in [1.54, 1.807) is 0 Å². The van der Waals surface area contributed by atoms with Crippen LogP contribution in [0.15, 0.2) is 30.3 Å². The fourth-order valence-electron chi connectivity index (χ4n) is 2.48. The van der Waals surface area contributed by atoms with Crippen LogP contribution >= 0.6 is 0 Å². The van der Waals surface area contributed by atoms with Crippen molar-refractivity contribution in [3.8, 4) is 0 Å². The number of hydrogen-bond donors (Lipinski definition) is 1. The van der Waals surface area contributed by atoms with Crippen LogP contribution in [0, 0.1) is 0 Å². The molecule has 0 saturated carbocycles. The van der Waals surface area contributed by atoms with E-state index in [2.05, 4.69) is 36.5 Å². The third-order valence-corrected chi connectivity index (χ3v) is 3.62. The van der Waals surface area contributed by atoms with Crippen LogP contribution in [0.25, 0.3) is 0 Å². The third kappa shape index (κ3) is 3.33. The van der Waals surface area contributed by atoms with E-state index in [0.29, 0.717) is 12.5 Å². The minimum absolute atomic E-state index is 0.238. The van der Waals surface area contributed by atoms with Crippen molar-refractivity contribution in [3.63, 3.8) is 0 Å². The van der Waals surface area contributed by atoms with E-state index in [4.69, 9.17) is 0 Å². The number of hydrogen-bond acceptors (Lipinski definition) is 2. The molecule has 1 atom stereocenters. The SMILES string of the molecule is CCC(CN1CCCNCC1=O)c1ccccc1. The lowest BCUT2D eigenvalue weighted by molar-refractivity contribution is -0.129. The zero-order valence-electron chi connectivity index (χ0n) is 11.1. The Balaban J connectivity index is 2.03. The smallest absolute Gasteiger partial charge is 0.236 e. The molecule has 0 bridgehead atoms. The quantitative estimate of drug-likeness (QED) is 0.881. The maximum Gasteiger partial charge on any atom is 0.236 e. The van der Waals surface area contributed by atoms with Gasteiger partial charge in [-0.2, -0.15) is 0 Å². The minimum Gasteiger partial charge on any atom is -0.341 e. The Kier molecular flexibility index (Phi) is 4.76. The molecule has 0 radical (unpaired) electrons. The average molecular weight is 246 g/mol. The van der Waals surface area contributed by atoms with Crippen LogP contribution in [0.5, 0.6) is 0 Å². The molecule has 0 aliphatic carbocycles. The number of amides is 1. The highest BCUT2D eigenvalue weighted by atomic mass is 16.2. The van der Waals surface area contributed by atoms with Gasteiger partial charge in [-0.05, 0) is 24.9 Å². The van der Waals surface area contributed by atoms with Crippen molar-refractivity contribution >= 4 is 5.91 Å². The molecular formula is C15H22N2O. The summed E-state index contributed by atoms with van der Waals surface area (Å²) in [5.41, 5.74) is 1.34. The standard InChI is InChI=1S/C15H22N2O/c1-2-13(14-7-4-3-5-8-14)12-17-10-6-9-16-11-15(17)18/h3-5,7-8,13,16H,2,6,9-12H2,1H3. The first kappa shape index (κ1) is 13.1. The molecule has 1 aromatic carbocycles. The fourth-order valence-corrected chi connectivity index (χ4v) is 2.48. The maximum absolute atomic E-state index is 12.0. The van der Waals surface area contributed by atoms with Gasteiger partial charge in [-0.3, -0.25) is 4.79 Å². The Morgan fingerprint density at radius 3 is 2.83 bits per heavy atom. The van der Waals surface area contributed by atoms with E-state index in [1.165, 1.54) is 5.56 Å². The van der Waals surface area contributed by atoms with Crippen LogP contribution in [0.2, 0.25) is 0 Å². The molecule has 1 N–H and O–H groups in total. The molecule has 1 amide bonds. The second-order valence-corrected chi connectivity index (χ2v) is 4.89. The highest BCUT2D eigenvalue weighted by Crippen LogP contribution is 2.20. The second kappa shape index (κ2) is 6.55. The van der Waals surface area contributed by atoms with Gasteiger partial charge >= 0.3 is 0 Å². The zero-order chi connectivity index (χ0) is 12.8. The summed E-state index contributed by atoms with van der Waals surface area (Å²) in [5.74, 6) is 0.690. The van der Waals surface area contributed by atoms with E-state index >= 15 is 0 Å². The van der Waals surface area contributed by atoms with Crippen molar-refractivity contribution in [2.75, 3.05) is 26.2 Å². The van der Waals surface area contributed by atoms with Gasteiger partial charge in [0.2, 0.25) is 5.91 Å². The molecule has 98 valence electrons. The largest absolute Gasteiger partial charge is 0.341 e. The summed E-state index contributed by atoms with van der Waals surface area (Å²) in [4.78, 5) is 14.0. The number of nitrogens with zero attached hydrogens (tertiary/aromatic N) is 1. The van der Waals surface area contributed by atoms with Crippen LogP contribution in [-0.2, 0) is 4.79 Å². The van der Waals surface area contributed by atoms with Crippen LogP contribution in [-0.4, -0.2) is 37.0 Å². The van der Waals surface area contributed by atoms with Crippen molar-refractivity contribution in [2.45, 2.75) is 25.7 Å². The Hall–Kier alpha value is -1.35. The van der Waals surface area contributed by atoms with Crippen LogP contribution < -0.4 is 5.32 Å². The highest BCUT2D eigenvalue weighted by Gasteiger charge is 2.20. The number of carbonyl (C=O) groups is 1. The van der Waals surface area contributed by atoms with Crippen molar-refractivity contribution in [1.29, 1.82) is 0 Å². The molecule has 18 heavy (non-hydrogen) atoms. The molecule has 1 unspecified atom stereocenters. The number of rotatable bonds is 4. The first-order chi connectivity index (χ1) is 8.81. The lowest BCUT2D eigenvalue weighted by atomic mass is 9.96. The predicted molar refractivity (Wildman–Crippen MR) is 73.5 cm³/mol. The first-order valence-electron chi connectivity index (χ1n) is 6.84. The van der Waals surface area contributed by atoms with E-state index in [-0.39, 0.29) is 5.91 Å². The Morgan fingerprint density at radius 1 is 1.33 bits per heavy atom. The Bertz CT molecular complexity index is 377. The molecule has 1 heterocycles. The van der Waals surface area contributed by atoms with Gasteiger partial charge in [-0.15, -0.1) is 0 Å². The van der Waals surface area contributed by atoms with Gasteiger partial charge in [0.05, 0.1) is 6.54 Å². The predicted octanol–water partition coefficient (Wildman–Crippen LogP) is 2.00. The lowest BCUT2D eigenvalue weighted by Gasteiger charge is -2.26. The molecule has 1 aliphatic heterocycles.